The number of amides is 1. The summed E-state index contributed by atoms with van der Waals surface area (Å²) >= 11 is 0. The lowest BCUT2D eigenvalue weighted by Gasteiger charge is -2.44. The Kier molecular flexibility index (Phi) is 5.41. The summed E-state index contributed by atoms with van der Waals surface area (Å²) in [5.41, 5.74) is 1.03. The number of carbonyl (C=O) groups excluding carboxylic acids is 1. The number of benzene rings is 1. The Bertz CT molecular complexity index is 1190. The molecule has 2 saturated heterocycles. The van der Waals surface area contributed by atoms with E-state index in [1.54, 1.807) is 12.1 Å². The van der Waals surface area contributed by atoms with E-state index in [0.717, 1.165) is 24.2 Å². The van der Waals surface area contributed by atoms with Crippen molar-refractivity contribution in [1.29, 1.82) is 0 Å². The molecule has 0 aliphatic carbocycles. The van der Waals surface area contributed by atoms with Crippen LogP contribution >= 0.6 is 0 Å². The number of likely N-dealkylation sites (tertiary alicyclic amines) is 1. The van der Waals surface area contributed by atoms with E-state index in [2.05, 4.69) is 0 Å². The van der Waals surface area contributed by atoms with E-state index in [-0.39, 0.29) is 47.2 Å². The minimum atomic E-state index is -3.69. The van der Waals surface area contributed by atoms with Gasteiger partial charge >= 0.3 is 0 Å². The first kappa shape index (κ1) is 21.3. The van der Waals surface area contributed by atoms with E-state index < -0.39 is 15.8 Å². The van der Waals surface area contributed by atoms with Crippen molar-refractivity contribution < 1.29 is 17.6 Å². The molecule has 0 N–H and O–H groups in total. The predicted molar refractivity (Wildman–Crippen MR) is 116 cm³/mol. The molecule has 2 aromatic rings. The summed E-state index contributed by atoms with van der Waals surface area (Å²) in [6.45, 7) is 2.44. The first-order valence-corrected chi connectivity index (χ1v) is 12.5. The molecule has 4 heterocycles. The SMILES string of the molecule is O=C(C1CCN(S(=O)(=O)c2ccc(F)cc2)CC1)N1C[C@H]2C[C@H](C1)c1cccc(=O)n1C2. The minimum absolute atomic E-state index is 0.0201. The number of rotatable bonds is 3. The third-order valence-corrected chi connectivity index (χ3v) is 8.96. The highest BCUT2D eigenvalue weighted by molar-refractivity contribution is 7.89. The second-order valence-electron chi connectivity index (χ2n) is 9.07. The van der Waals surface area contributed by atoms with Gasteiger partial charge < -0.3 is 9.47 Å². The summed E-state index contributed by atoms with van der Waals surface area (Å²) in [6.07, 6.45) is 1.93. The molecule has 32 heavy (non-hydrogen) atoms. The van der Waals surface area contributed by atoms with Crippen LogP contribution in [0.3, 0.4) is 0 Å². The highest BCUT2D eigenvalue weighted by Crippen LogP contribution is 2.36. The smallest absolute Gasteiger partial charge is 0.250 e. The van der Waals surface area contributed by atoms with Crippen LogP contribution in [-0.4, -0.2) is 54.3 Å². The van der Waals surface area contributed by atoms with Gasteiger partial charge in [-0.05, 0) is 55.5 Å². The zero-order chi connectivity index (χ0) is 22.5. The molecule has 0 saturated carbocycles. The van der Waals surface area contributed by atoms with Gasteiger partial charge in [0.05, 0.1) is 4.90 Å². The van der Waals surface area contributed by atoms with Crippen molar-refractivity contribution in [3.63, 3.8) is 0 Å². The lowest BCUT2D eigenvalue weighted by molar-refractivity contribution is -0.139. The quantitative estimate of drug-likeness (QED) is 0.704. The van der Waals surface area contributed by atoms with Gasteiger partial charge in [-0.1, -0.05) is 6.07 Å². The maximum Gasteiger partial charge on any atom is 0.250 e. The predicted octanol–water partition coefficient (Wildman–Crippen LogP) is 2.03. The number of sulfonamides is 1. The standard InChI is InChI=1S/C23H26FN3O4S/c24-19-4-6-20(7-5-19)32(30,31)26-10-8-17(9-11-26)23(29)25-13-16-12-18(15-25)21-2-1-3-22(28)27(21)14-16/h1-7,16-18H,8-15H2/t16-,18-/m1/s1. The maximum absolute atomic E-state index is 13.3. The molecule has 0 radical (unpaired) electrons. The number of fused-ring (bicyclic) bond motifs is 4. The second kappa shape index (κ2) is 8.12. The van der Waals surface area contributed by atoms with Gasteiger partial charge in [-0.2, -0.15) is 4.31 Å². The van der Waals surface area contributed by atoms with Crippen molar-refractivity contribution in [2.45, 2.75) is 36.6 Å². The van der Waals surface area contributed by atoms with Crippen LogP contribution in [0.15, 0.2) is 52.2 Å². The van der Waals surface area contributed by atoms with E-state index in [1.807, 2.05) is 15.5 Å². The number of nitrogens with zero attached hydrogens (tertiary/aromatic N) is 3. The molecule has 7 nitrogen and oxygen atoms in total. The number of hydrogen-bond donors (Lipinski definition) is 0. The van der Waals surface area contributed by atoms with Crippen LogP contribution in [0.25, 0.3) is 0 Å². The zero-order valence-corrected chi connectivity index (χ0v) is 18.5. The average molecular weight is 460 g/mol. The summed E-state index contributed by atoms with van der Waals surface area (Å²) in [7, 11) is -3.69. The Morgan fingerprint density at radius 3 is 2.41 bits per heavy atom. The fraction of sp³-hybridized carbons (Fsp3) is 0.478. The number of hydrogen-bond acceptors (Lipinski definition) is 4. The van der Waals surface area contributed by atoms with Crippen LogP contribution in [0.5, 0.6) is 0 Å². The van der Waals surface area contributed by atoms with Crippen LogP contribution in [-0.2, 0) is 21.4 Å². The maximum atomic E-state index is 13.3. The molecule has 1 aromatic heterocycles. The number of halogens is 1. The number of pyridine rings is 1. The molecule has 0 spiro atoms. The number of aromatic nitrogens is 1. The topological polar surface area (TPSA) is 79.7 Å². The fourth-order valence-electron chi connectivity index (χ4n) is 5.43. The van der Waals surface area contributed by atoms with Crippen LogP contribution < -0.4 is 5.56 Å². The molecule has 5 rings (SSSR count). The van der Waals surface area contributed by atoms with Crippen molar-refractivity contribution in [1.82, 2.24) is 13.8 Å². The molecule has 170 valence electrons. The van der Waals surface area contributed by atoms with Crippen LogP contribution in [0.2, 0.25) is 0 Å². The molecular formula is C23H26FN3O4S. The summed E-state index contributed by atoms with van der Waals surface area (Å²) < 4.78 is 42.1. The van der Waals surface area contributed by atoms with Crippen molar-refractivity contribution >= 4 is 15.9 Å². The van der Waals surface area contributed by atoms with Gasteiger partial charge in [0.15, 0.2) is 0 Å². The van der Waals surface area contributed by atoms with Gasteiger partial charge in [0.2, 0.25) is 15.9 Å². The van der Waals surface area contributed by atoms with E-state index in [9.17, 15) is 22.4 Å². The molecule has 2 bridgehead atoms. The van der Waals surface area contributed by atoms with Crippen molar-refractivity contribution in [2.75, 3.05) is 26.2 Å². The molecule has 3 aliphatic rings. The second-order valence-corrected chi connectivity index (χ2v) is 11.0. The van der Waals surface area contributed by atoms with E-state index >= 15 is 0 Å². The van der Waals surface area contributed by atoms with Crippen LogP contribution in [0.1, 0.15) is 30.9 Å². The zero-order valence-electron chi connectivity index (χ0n) is 17.7. The van der Waals surface area contributed by atoms with Gasteiger partial charge in [0.25, 0.3) is 5.56 Å². The molecule has 3 aliphatic heterocycles. The van der Waals surface area contributed by atoms with Crippen LogP contribution in [0, 0.1) is 17.7 Å². The lowest BCUT2D eigenvalue weighted by Crippen LogP contribution is -2.52. The van der Waals surface area contributed by atoms with Crippen LogP contribution in [0.4, 0.5) is 4.39 Å². The van der Waals surface area contributed by atoms with Gasteiger partial charge in [-0.3, -0.25) is 9.59 Å². The third-order valence-electron chi connectivity index (χ3n) is 7.05. The Labute approximate surface area is 186 Å². The van der Waals surface area contributed by atoms with Crippen molar-refractivity contribution in [2.24, 2.45) is 11.8 Å². The van der Waals surface area contributed by atoms with Gasteiger partial charge in [-0.25, -0.2) is 12.8 Å². The summed E-state index contributed by atoms with van der Waals surface area (Å²) in [5, 5.41) is 0. The molecule has 2 atom stereocenters. The van der Waals surface area contributed by atoms with Crippen molar-refractivity contribution in [3.05, 3.63) is 64.3 Å². The molecule has 9 heteroatoms. The Balaban J connectivity index is 1.25. The van der Waals surface area contributed by atoms with Gasteiger partial charge in [-0.15, -0.1) is 0 Å². The molecule has 1 amide bonds. The highest BCUT2D eigenvalue weighted by Gasteiger charge is 2.39. The molecule has 1 aromatic carbocycles. The number of carbonyl (C=O) groups is 1. The third kappa shape index (κ3) is 3.77. The molecule has 0 unspecified atom stereocenters. The first-order valence-electron chi connectivity index (χ1n) is 11.1. The van der Waals surface area contributed by atoms with Crippen molar-refractivity contribution in [3.8, 4) is 0 Å². The van der Waals surface area contributed by atoms with Gasteiger partial charge in [0.1, 0.15) is 5.82 Å². The lowest BCUT2D eigenvalue weighted by atomic mass is 9.82. The summed E-state index contributed by atoms with van der Waals surface area (Å²) in [5.74, 6) is -0.160. The fourth-order valence-corrected chi connectivity index (χ4v) is 6.90. The Hall–Kier alpha value is -2.52. The summed E-state index contributed by atoms with van der Waals surface area (Å²) in [6, 6.07) is 10.2. The minimum Gasteiger partial charge on any atom is -0.341 e. The molecule has 2 fully saturated rings. The highest BCUT2D eigenvalue weighted by atomic mass is 32.2. The van der Waals surface area contributed by atoms with E-state index in [1.165, 1.54) is 16.4 Å². The molecular weight excluding hydrogens is 433 g/mol. The average Bonchev–Trinajstić information content (AvgIpc) is 2.79. The largest absolute Gasteiger partial charge is 0.341 e. The first-order chi connectivity index (χ1) is 15.3. The monoisotopic (exact) mass is 459 g/mol. The number of piperidine rings is 2. The normalized spacial score (nSPS) is 24.2. The van der Waals surface area contributed by atoms with E-state index in [4.69, 9.17) is 0 Å². The van der Waals surface area contributed by atoms with E-state index in [0.29, 0.717) is 32.5 Å². The van der Waals surface area contributed by atoms with Gasteiger partial charge in [0, 0.05) is 56.3 Å². The Morgan fingerprint density at radius 1 is 0.969 bits per heavy atom. The Morgan fingerprint density at radius 2 is 1.69 bits per heavy atom. The summed E-state index contributed by atoms with van der Waals surface area (Å²) in [4.78, 5) is 27.5.